The van der Waals surface area contributed by atoms with Crippen LogP contribution in [-0.2, 0) is 14.8 Å². The van der Waals surface area contributed by atoms with Crippen molar-refractivity contribution in [3.05, 3.63) is 54.1 Å². The van der Waals surface area contributed by atoms with Crippen molar-refractivity contribution in [1.29, 1.82) is 0 Å². The lowest BCUT2D eigenvalue weighted by Crippen LogP contribution is -2.35. The minimum Gasteiger partial charge on any atom is -0.497 e. The number of benzene rings is 2. The maximum atomic E-state index is 13.1. The number of hydrogen-bond acceptors (Lipinski definition) is 5. The van der Waals surface area contributed by atoms with Gasteiger partial charge in [0.1, 0.15) is 16.4 Å². The molecule has 1 aliphatic rings. The zero-order chi connectivity index (χ0) is 21.6. The summed E-state index contributed by atoms with van der Waals surface area (Å²) in [7, 11) is -0.677. The lowest BCUT2D eigenvalue weighted by Gasteiger charge is -2.26. The van der Waals surface area contributed by atoms with Crippen LogP contribution in [0.3, 0.4) is 0 Å². The maximum Gasteiger partial charge on any atom is 0.248 e. The van der Waals surface area contributed by atoms with Gasteiger partial charge in [0.25, 0.3) is 0 Å². The van der Waals surface area contributed by atoms with Crippen molar-refractivity contribution < 1.29 is 22.7 Å². The first kappa shape index (κ1) is 21.9. The normalized spacial score (nSPS) is 15.1. The number of carbonyl (C=O) groups excluding carboxylic acids is 1. The number of methoxy groups -OCH3 is 2. The molecule has 0 saturated carbocycles. The summed E-state index contributed by atoms with van der Waals surface area (Å²) < 4.78 is 38.0. The highest BCUT2D eigenvalue weighted by atomic mass is 32.2. The molecule has 0 spiro atoms. The summed E-state index contributed by atoms with van der Waals surface area (Å²) in [4.78, 5) is 12.4. The Bertz CT molecular complexity index is 1010. The Morgan fingerprint density at radius 1 is 1.00 bits per heavy atom. The average Bonchev–Trinajstić information content (AvgIpc) is 2.78. The van der Waals surface area contributed by atoms with Gasteiger partial charge >= 0.3 is 0 Å². The van der Waals surface area contributed by atoms with E-state index in [0.29, 0.717) is 18.8 Å². The van der Waals surface area contributed by atoms with E-state index in [9.17, 15) is 13.2 Å². The molecule has 2 aromatic carbocycles. The molecule has 0 aliphatic carbocycles. The minimum absolute atomic E-state index is 0.0591. The summed E-state index contributed by atoms with van der Waals surface area (Å²) in [6, 6.07) is 11.9. The number of hydrogen-bond donors (Lipinski definition) is 1. The van der Waals surface area contributed by atoms with Crippen LogP contribution >= 0.6 is 0 Å². The lowest BCUT2D eigenvalue weighted by atomic mass is 10.2. The zero-order valence-corrected chi connectivity index (χ0v) is 17.9. The smallest absolute Gasteiger partial charge is 0.248 e. The molecule has 1 heterocycles. The lowest BCUT2D eigenvalue weighted by molar-refractivity contribution is -0.111. The highest BCUT2D eigenvalue weighted by molar-refractivity contribution is 7.89. The molecule has 8 heteroatoms. The van der Waals surface area contributed by atoms with Crippen LogP contribution in [0.1, 0.15) is 24.8 Å². The van der Waals surface area contributed by atoms with Crippen LogP contribution in [0, 0.1) is 0 Å². The van der Waals surface area contributed by atoms with Gasteiger partial charge in [-0.15, -0.1) is 0 Å². The van der Waals surface area contributed by atoms with Crippen molar-refractivity contribution in [3.8, 4) is 11.5 Å². The van der Waals surface area contributed by atoms with Gasteiger partial charge in [0.05, 0.1) is 14.2 Å². The number of rotatable bonds is 7. The molecule has 3 rings (SSSR count). The zero-order valence-electron chi connectivity index (χ0n) is 17.1. The molecule has 30 heavy (non-hydrogen) atoms. The van der Waals surface area contributed by atoms with E-state index in [-0.39, 0.29) is 16.6 Å². The van der Waals surface area contributed by atoms with E-state index < -0.39 is 10.0 Å². The molecule has 0 atom stereocenters. The number of piperidine rings is 1. The van der Waals surface area contributed by atoms with E-state index in [1.54, 1.807) is 37.5 Å². The van der Waals surface area contributed by atoms with Gasteiger partial charge in [-0.25, -0.2) is 8.42 Å². The Morgan fingerprint density at radius 3 is 2.33 bits per heavy atom. The summed E-state index contributed by atoms with van der Waals surface area (Å²) in [5.41, 5.74) is 1.23. The van der Waals surface area contributed by atoms with Gasteiger partial charge in [-0.1, -0.05) is 18.6 Å². The van der Waals surface area contributed by atoms with Crippen molar-refractivity contribution in [2.75, 3.05) is 32.6 Å². The fraction of sp³-hybridized carbons (Fsp3) is 0.318. The fourth-order valence-electron chi connectivity index (χ4n) is 3.27. The highest BCUT2D eigenvalue weighted by Gasteiger charge is 2.29. The van der Waals surface area contributed by atoms with Crippen LogP contribution in [0.2, 0.25) is 0 Å². The van der Waals surface area contributed by atoms with E-state index in [1.807, 2.05) is 12.1 Å². The van der Waals surface area contributed by atoms with E-state index in [2.05, 4.69) is 5.32 Å². The first-order valence-corrected chi connectivity index (χ1v) is 11.2. The summed E-state index contributed by atoms with van der Waals surface area (Å²) in [6.45, 7) is 0.985. The molecular formula is C22H26N2O5S. The third-order valence-corrected chi connectivity index (χ3v) is 6.83. The molecule has 1 amide bonds. The molecule has 2 aromatic rings. The summed E-state index contributed by atoms with van der Waals surface area (Å²) in [5, 5.41) is 2.71. The van der Waals surface area contributed by atoms with Crippen LogP contribution in [-0.4, -0.2) is 45.9 Å². The number of carbonyl (C=O) groups is 1. The van der Waals surface area contributed by atoms with Crippen LogP contribution in [0.15, 0.2) is 53.4 Å². The van der Waals surface area contributed by atoms with Gasteiger partial charge < -0.3 is 14.8 Å². The average molecular weight is 431 g/mol. The van der Waals surface area contributed by atoms with Crippen molar-refractivity contribution in [2.45, 2.75) is 24.2 Å². The van der Waals surface area contributed by atoms with Crippen molar-refractivity contribution in [3.63, 3.8) is 0 Å². The first-order chi connectivity index (χ1) is 14.4. The van der Waals surface area contributed by atoms with Crippen molar-refractivity contribution in [2.24, 2.45) is 0 Å². The largest absolute Gasteiger partial charge is 0.497 e. The second-order valence-corrected chi connectivity index (χ2v) is 8.83. The topological polar surface area (TPSA) is 84.9 Å². The Balaban J connectivity index is 1.76. The van der Waals surface area contributed by atoms with Gasteiger partial charge in [-0.3, -0.25) is 4.79 Å². The van der Waals surface area contributed by atoms with E-state index in [0.717, 1.165) is 30.6 Å². The fourth-order valence-corrected chi connectivity index (χ4v) is 4.97. The SMILES string of the molecule is COc1ccc(C=CC(=O)Nc2ccc(OC)c(S(=O)(=O)N3CCCCC3)c2)cc1. The van der Waals surface area contributed by atoms with E-state index in [4.69, 9.17) is 9.47 Å². The molecule has 1 N–H and O–H groups in total. The van der Waals surface area contributed by atoms with Crippen LogP contribution in [0.25, 0.3) is 6.08 Å². The second-order valence-electron chi connectivity index (χ2n) is 6.93. The first-order valence-electron chi connectivity index (χ1n) is 9.75. The van der Waals surface area contributed by atoms with Gasteiger partial charge in [0, 0.05) is 24.9 Å². The van der Waals surface area contributed by atoms with Crippen LogP contribution in [0.4, 0.5) is 5.69 Å². The summed E-state index contributed by atoms with van der Waals surface area (Å²) >= 11 is 0. The Labute approximate surface area is 177 Å². The second kappa shape index (κ2) is 9.77. The van der Waals surface area contributed by atoms with Gasteiger partial charge in [-0.05, 0) is 54.8 Å². The maximum absolute atomic E-state index is 13.1. The molecule has 0 bridgehead atoms. The summed E-state index contributed by atoms with van der Waals surface area (Å²) in [5.74, 6) is 0.627. The molecule has 7 nitrogen and oxygen atoms in total. The standard InChI is InChI=1S/C22H26N2O5S/c1-28-19-10-6-17(7-11-19)8-13-22(25)23-18-9-12-20(29-2)21(16-18)30(26,27)24-14-4-3-5-15-24/h6-13,16H,3-5,14-15H2,1-2H3,(H,23,25). The van der Waals surface area contributed by atoms with E-state index >= 15 is 0 Å². The van der Waals surface area contributed by atoms with Crippen LogP contribution in [0.5, 0.6) is 11.5 Å². The summed E-state index contributed by atoms with van der Waals surface area (Å²) in [6.07, 6.45) is 5.77. The molecule has 1 fully saturated rings. The third-order valence-electron chi connectivity index (χ3n) is 4.91. The monoisotopic (exact) mass is 430 g/mol. The molecular weight excluding hydrogens is 404 g/mol. The van der Waals surface area contributed by atoms with Gasteiger partial charge in [0.15, 0.2) is 0 Å². The van der Waals surface area contributed by atoms with Crippen molar-refractivity contribution in [1.82, 2.24) is 4.31 Å². The molecule has 0 aromatic heterocycles. The molecule has 1 saturated heterocycles. The quantitative estimate of drug-likeness (QED) is 0.680. The Morgan fingerprint density at radius 2 is 1.70 bits per heavy atom. The van der Waals surface area contributed by atoms with Crippen molar-refractivity contribution >= 4 is 27.7 Å². The molecule has 160 valence electrons. The molecule has 0 radical (unpaired) electrons. The number of anilines is 1. The van der Waals surface area contributed by atoms with Crippen LogP contribution < -0.4 is 14.8 Å². The van der Waals surface area contributed by atoms with Gasteiger partial charge in [-0.2, -0.15) is 4.31 Å². The Kier molecular flexibility index (Phi) is 7.12. The third kappa shape index (κ3) is 5.20. The number of nitrogens with one attached hydrogen (secondary N) is 1. The highest BCUT2D eigenvalue weighted by Crippen LogP contribution is 2.31. The number of nitrogens with zero attached hydrogens (tertiary/aromatic N) is 1. The molecule has 0 unspecified atom stereocenters. The minimum atomic E-state index is -3.70. The van der Waals surface area contributed by atoms with Gasteiger partial charge in [0.2, 0.25) is 15.9 Å². The van der Waals surface area contributed by atoms with E-state index in [1.165, 1.54) is 23.6 Å². The predicted molar refractivity (Wildman–Crippen MR) is 116 cm³/mol. The molecule has 1 aliphatic heterocycles. The number of sulfonamides is 1. The number of ether oxygens (including phenoxy) is 2. The number of amides is 1. The Hall–Kier alpha value is -2.84. The predicted octanol–water partition coefficient (Wildman–Crippen LogP) is 3.53.